The second-order valence-electron chi connectivity index (χ2n) is 4.50. The SMILES string of the molecule is CN(C(C)(C)CCc1cn[nH]n1)S(C)(=O)=O. The number of rotatable bonds is 5. The van der Waals surface area contributed by atoms with Gasteiger partial charge in [0, 0.05) is 12.6 Å². The van der Waals surface area contributed by atoms with E-state index in [2.05, 4.69) is 15.4 Å². The van der Waals surface area contributed by atoms with E-state index in [-0.39, 0.29) is 0 Å². The Hall–Kier alpha value is -0.950. The summed E-state index contributed by atoms with van der Waals surface area (Å²) in [7, 11) is -1.57. The van der Waals surface area contributed by atoms with E-state index in [1.807, 2.05) is 13.8 Å². The van der Waals surface area contributed by atoms with Crippen molar-refractivity contribution in [1.82, 2.24) is 19.7 Å². The van der Waals surface area contributed by atoms with Gasteiger partial charge in [0.25, 0.3) is 0 Å². The van der Waals surface area contributed by atoms with Crippen LogP contribution in [0.1, 0.15) is 26.0 Å². The molecule has 1 aromatic heterocycles. The molecule has 0 bridgehead atoms. The van der Waals surface area contributed by atoms with E-state index in [1.165, 1.54) is 10.6 Å². The van der Waals surface area contributed by atoms with Crippen LogP contribution in [0.3, 0.4) is 0 Å². The third kappa shape index (κ3) is 3.28. The number of hydrogen-bond acceptors (Lipinski definition) is 4. The molecule has 1 N–H and O–H groups in total. The van der Waals surface area contributed by atoms with Gasteiger partial charge in [-0.1, -0.05) is 0 Å². The van der Waals surface area contributed by atoms with Crippen LogP contribution in [-0.4, -0.2) is 47.0 Å². The topological polar surface area (TPSA) is 79.0 Å². The number of sulfonamides is 1. The molecule has 0 unspecified atom stereocenters. The highest BCUT2D eigenvalue weighted by atomic mass is 32.2. The van der Waals surface area contributed by atoms with Crippen molar-refractivity contribution in [3.63, 3.8) is 0 Å². The molecule has 0 atom stereocenters. The average Bonchev–Trinajstić information content (AvgIpc) is 2.64. The fourth-order valence-electron chi connectivity index (χ4n) is 1.39. The minimum Gasteiger partial charge on any atom is -0.212 e. The van der Waals surface area contributed by atoms with Crippen LogP contribution in [0, 0.1) is 0 Å². The van der Waals surface area contributed by atoms with Gasteiger partial charge in [0.15, 0.2) is 0 Å². The molecular weight excluding hydrogens is 228 g/mol. The molecule has 1 aromatic rings. The maximum absolute atomic E-state index is 11.4. The Morgan fingerprint density at radius 2 is 2.12 bits per heavy atom. The Morgan fingerprint density at radius 1 is 1.50 bits per heavy atom. The van der Waals surface area contributed by atoms with Gasteiger partial charge in [-0.05, 0) is 26.7 Å². The Kier molecular flexibility index (Phi) is 3.69. The summed E-state index contributed by atoms with van der Waals surface area (Å²) in [4.78, 5) is 0. The molecule has 16 heavy (non-hydrogen) atoms. The lowest BCUT2D eigenvalue weighted by Crippen LogP contribution is -2.44. The summed E-state index contributed by atoms with van der Waals surface area (Å²) in [6.07, 6.45) is 4.26. The molecule has 1 rings (SSSR count). The molecule has 7 heteroatoms. The van der Waals surface area contributed by atoms with E-state index in [0.717, 1.165) is 5.69 Å². The number of hydrogen-bond donors (Lipinski definition) is 1. The van der Waals surface area contributed by atoms with E-state index in [0.29, 0.717) is 12.8 Å². The first-order chi connectivity index (χ1) is 7.23. The van der Waals surface area contributed by atoms with Gasteiger partial charge in [-0.2, -0.15) is 19.7 Å². The third-order valence-corrected chi connectivity index (χ3v) is 4.30. The molecule has 92 valence electrons. The van der Waals surface area contributed by atoms with Crippen molar-refractivity contribution in [3.8, 4) is 0 Å². The van der Waals surface area contributed by atoms with Gasteiger partial charge in [0.05, 0.1) is 18.1 Å². The molecule has 0 aliphatic rings. The zero-order valence-electron chi connectivity index (χ0n) is 10.1. The predicted octanol–water partition coefficient (Wildman–Crippen LogP) is 0.407. The van der Waals surface area contributed by atoms with Gasteiger partial charge < -0.3 is 0 Å². The van der Waals surface area contributed by atoms with Crippen LogP contribution in [0.25, 0.3) is 0 Å². The second kappa shape index (κ2) is 4.50. The summed E-state index contributed by atoms with van der Waals surface area (Å²) >= 11 is 0. The molecular formula is C9H18N4O2S. The minimum atomic E-state index is -3.16. The summed E-state index contributed by atoms with van der Waals surface area (Å²) < 4.78 is 24.3. The van der Waals surface area contributed by atoms with Crippen LogP contribution in [0.15, 0.2) is 6.20 Å². The summed E-state index contributed by atoms with van der Waals surface area (Å²) in [6, 6.07) is 0. The largest absolute Gasteiger partial charge is 0.212 e. The van der Waals surface area contributed by atoms with Crippen LogP contribution in [0.5, 0.6) is 0 Å². The molecule has 0 saturated heterocycles. The maximum atomic E-state index is 11.4. The molecule has 1 heterocycles. The predicted molar refractivity (Wildman–Crippen MR) is 61.4 cm³/mol. The molecule has 0 amide bonds. The smallest absolute Gasteiger partial charge is 0.211 e. The Balaban J connectivity index is 2.65. The average molecular weight is 246 g/mol. The van der Waals surface area contributed by atoms with Gasteiger partial charge in [-0.15, -0.1) is 0 Å². The fourth-order valence-corrected chi connectivity index (χ4v) is 2.38. The zero-order valence-corrected chi connectivity index (χ0v) is 10.9. The van der Waals surface area contributed by atoms with Gasteiger partial charge >= 0.3 is 0 Å². The number of H-pyrrole nitrogens is 1. The van der Waals surface area contributed by atoms with Crippen molar-refractivity contribution in [2.24, 2.45) is 0 Å². The van der Waals surface area contributed by atoms with E-state index in [4.69, 9.17) is 0 Å². The number of nitrogens with zero attached hydrogens (tertiary/aromatic N) is 3. The van der Waals surface area contributed by atoms with Crippen molar-refractivity contribution in [2.75, 3.05) is 13.3 Å². The van der Waals surface area contributed by atoms with E-state index >= 15 is 0 Å². The first kappa shape index (κ1) is 13.1. The lowest BCUT2D eigenvalue weighted by Gasteiger charge is -2.33. The molecule has 0 fully saturated rings. The third-order valence-electron chi connectivity index (χ3n) is 2.81. The molecule has 0 radical (unpaired) electrons. The monoisotopic (exact) mass is 246 g/mol. The van der Waals surface area contributed by atoms with Crippen molar-refractivity contribution < 1.29 is 8.42 Å². The fraction of sp³-hybridized carbons (Fsp3) is 0.778. The van der Waals surface area contributed by atoms with Gasteiger partial charge in [-0.25, -0.2) is 8.42 Å². The normalized spacial score (nSPS) is 13.3. The highest BCUT2D eigenvalue weighted by molar-refractivity contribution is 7.88. The molecule has 0 spiro atoms. The molecule has 0 saturated carbocycles. The van der Waals surface area contributed by atoms with Gasteiger partial charge in [0.2, 0.25) is 10.0 Å². The number of nitrogens with one attached hydrogen (secondary N) is 1. The Bertz CT molecular complexity index is 424. The van der Waals surface area contributed by atoms with Crippen molar-refractivity contribution in [1.29, 1.82) is 0 Å². The van der Waals surface area contributed by atoms with Crippen LogP contribution in [0.2, 0.25) is 0 Å². The van der Waals surface area contributed by atoms with Crippen LogP contribution >= 0.6 is 0 Å². The van der Waals surface area contributed by atoms with Crippen molar-refractivity contribution in [3.05, 3.63) is 11.9 Å². The minimum absolute atomic E-state index is 0.424. The maximum Gasteiger partial charge on any atom is 0.211 e. The highest BCUT2D eigenvalue weighted by Crippen LogP contribution is 2.21. The number of aromatic nitrogens is 3. The van der Waals surface area contributed by atoms with Crippen molar-refractivity contribution in [2.45, 2.75) is 32.2 Å². The standard InChI is InChI=1S/C9H18N4O2S/c1-9(2,13(3)16(4,14)15)6-5-8-7-10-12-11-8/h7H,5-6H2,1-4H3,(H,10,11,12). The number of aryl methyl sites for hydroxylation is 1. The molecule has 0 aliphatic heterocycles. The second-order valence-corrected chi connectivity index (χ2v) is 6.52. The first-order valence-electron chi connectivity index (χ1n) is 5.02. The van der Waals surface area contributed by atoms with Crippen LogP contribution in [0.4, 0.5) is 0 Å². The van der Waals surface area contributed by atoms with Crippen LogP contribution < -0.4 is 0 Å². The highest BCUT2D eigenvalue weighted by Gasteiger charge is 2.29. The van der Waals surface area contributed by atoms with Crippen molar-refractivity contribution >= 4 is 10.0 Å². The number of aromatic amines is 1. The quantitative estimate of drug-likeness (QED) is 0.816. The summed E-state index contributed by atoms with van der Waals surface area (Å²) in [5.41, 5.74) is 0.418. The molecule has 0 aromatic carbocycles. The zero-order chi connectivity index (χ0) is 12.4. The van der Waals surface area contributed by atoms with E-state index < -0.39 is 15.6 Å². The molecule has 6 nitrogen and oxygen atoms in total. The Morgan fingerprint density at radius 3 is 2.56 bits per heavy atom. The lowest BCUT2D eigenvalue weighted by atomic mass is 9.98. The van der Waals surface area contributed by atoms with Crippen LogP contribution in [-0.2, 0) is 16.4 Å². The Labute approximate surface area is 96.1 Å². The molecule has 0 aliphatic carbocycles. The van der Waals surface area contributed by atoms with Gasteiger partial charge in [0.1, 0.15) is 0 Å². The van der Waals surface area contributed by atoms with E-state index in [9.17, 15) is 8.42 Å². The summed E-state index contributed by atoms with van der Waals surface area (Å²) in [5.74, 6) is 0. The summed E-state index contributed by atoms with van der Waals surface area (Å²) in [6.45, 7) is 3.79. The summed E-state index contributed by atoms with van der Waals surface area (Å²) in [5, 5.41) is 10.2. The van der Waals surface area contributed by atoms with E-state index in [1.54, 1.807) is 13.2 Å². The lowest BCUT2D eigenvalue weighted by molar-refractivity contribution is 0.249. The van der Waals surface area contributed by atoms with Gasteiger partial charge in [-0.3, -0.25) is 0 Å². The first-order valence-corrected chi connectivity index (χ1v) is 6.87.